The molecule has 0 radical (unpaired) electrons. The van der Waals surface area contributed by atoms with E-state index >= 15 is 0 Å². The van der Waals surface area contributed by atoms with Gasteiger partial charge in [0.2, 0.25) is 5.95 Å². The zero-order valence-electron chi connectivity index (χ0n) is 14.0. The molecule has 2 atom stereocenters. The van der Waals surface area contributed by atoms with Gasteiger partial charge in [-0.1, -0.05) is 6.07 Å². The second-order valence-electron chi connectivity index (χ2n) is 6.83. The van der Waals surface area contributed by atoms with E-state index in [2.05, 4.69) is 19.9 Å². The Bertz CT molecular complexity index is 742. The van der Waals surface area contributed by atoms with Gasteiger partial charge >= 0.3 is 5.97 Å². The minimum absolute atomic E-state index is 0.0123. The van der Waals surface area contributed by atoms with Crippen LogP contribution in [0.25, 0.3) is 0 Å². The molecular weight excluding hydrogens is 318 g/mol. The van der Waals surface area contributed by atoms with Crippen molar-refractivity contribution in [2.24, 2.45) is 11.3 Å². The quantitative estimate of drug-likeness (QED) is 0.911. The maximum atomic E-state index is 12.2. The molecule has 4 rings (SSSR count). The molecule has 2 aromatic rings. The number of carboxylic acid groups (broad SMARTS) is 1. The van der Waals surface area contributed by atoms with Gasteiger partial charge in [-0.15, -0.1) is 0 Å². The summed E-state index contributed by atoms with van der Waals surface area (Å²) in [4.78, 5) is 29.5. The maximum Gasteiger partial charge on any atom is 0.311 e. The van der Waals surface area contributed by atoms with Crippen LogP contribution < -0.4 is 9.80 Å². The van der Waals surface area contributed by atoms with Crippen molar-refractivity contribution >= 4 is 17.7 Å². The highest BCUT2D eigenvalue weighted by Crippen LogP contribution is 2.44. The lowest BCUT2D eigenvalue weighted by atomic mass is 9.75. The fourth-order valence-corrected chi connectivity index (χ4v) is 4.14. The predicted molar refractivity (Wildman–Crippen MR) is 93.5 cm³/mol. The summed E-state index contributed by atoms with van der Waals surface area (Å²) in [6.45, 7) is 2.64. The van der Waals surface area contributed by atoms with E-state index in [1.54, 1.807) is 24.7 Å². The molecule has 25 heavy (non-hydrogen) atoms. The van der Waals surface area contributed by atoms with Gasteiger partial charge in [-0.3, -0.25) is 4.79 Å². The Hall–Kier alpha value is -2.70. The number of carboxylic acids is 1. The Morgan fingerprint density at radius 3 is 2.56 bits per heavy atom. The molecule has 2 aliphatic rings. The second kappa shape index (κ2) is 6.31. The van der Waals surface area contributed by atoms with Gasteiger partial charge in [-0.2, -0.15) is 0 Å². The average Bonchev–Trinajstić information content (AvgIpc) is 2.92. The lowest BCUT2D eigenvalue weighted by Crippen LogP contribution is -2.41. The molecule has 0 saturated carbocycles. The molecule has 2 saturated heterocycles. The van der Waals surface area contributed by atoms with Crippen molar-refractivity contribution in [3.05, 3.63) is 42.9 Å². The molecule has 130 valence electrons. The molecule has 2 fully saturated rings. The van der Waals surface area contributed by atoms with Crippen LogP contribution in [0.4, 0.5) is 11.8 Å². The first-order chi connectivity index (χ1) is 12.2. The van der Waals surface area contributed by atoms with E-state index < -0.39 is 11.4 Å². The number of hydrogen-bond acceptors (Lipinski definition) is 6. The zero-order valence-corrected chi connectivity index (χ0v) is 14.0. The van der Waals surface area contributed by atoms with Crippen LogP contribution in [0.1, 0.15) is 12.8 Å². The fourth-order valence-electron chi connectivity index (χ4n) is 4.14. The minimum Gasteiger partial charge on any atom is -0.481 e. The number of rotatable bonds is 3. The molecule has 0 bridgehead atoms. The summed E-state index contributed by atoms with van der Waals surface area (Å²) in [6.07, 6.45) is 6.68. The van der Waals surface area contributed by atoms with Crippen molar-refractivity contribution in [3.8, 4) is 0 Å². The molecular formula is C18H21N5O2. The van der Waals surface area contributed by atoms with Gasteiger partial charge in [0, 0.05) is 50.7 Å². The molecule has 0 spiro atoms. The summed E-state index contributed by atoms with van der Waals surface area (Å²) in [5, 5.41) is 10.0. The molecule has 0 unspecified atom stereocenters. The SMILES string of the molecule is O=C(O)[C@]12CCCN(c3ccccn3)C[C@H]1CN(c1ncccn1)C2. The standard InChI is InChI=1S/C18H21N5O2/c24-16(25)18-6-3-10-22(15-5-1-2-7-19-15)11-14(18)12-23(13-18)17-20-8-4-9-21-17/h1-2,4-5,7-9,14H,3,6,10-13H2,(H,24,25)/t14-,18-/m0/s1. The van der Waals surface area contributed by atoms with E-state index in [1.807, 2.05) is 23.1 Å². The number of fused-ring (bicyclic) bond motifs is 1. The van der Waals surface area contributed by atoms with Crippen LogP contribution in [0.5, 0.6) is 0 Å². The van der Waals surface area contributed by atoms with Gasteiger partial charge in [0.1, 0.15) is 5.82 Å². The molecule has 4 heterocycles. The lowest BCUT2D eigenvalue weighted by molar-refractivity contribution is -0.150. The third kappa shape index (κ3) is 2.79. The van der Waals surface area contributed by atoms with Crippen LogP contribution >= 0.6 is 0 Å². The number of nitrogens with zero attached hydrogens (tertiary/aromatic N) is 5. The third-order valence-electron chi connectivity index (χ3n) is 5.42. The monoisotopic (exact) mass is 339 g/mol. The van der Waals surface area contributed by atoms with Crippen LogP contribution in [-0.4, -0.2) is 52.2 Å². The minimum atomic E-state index is -0.747. The molecule has 0 aromatic carbocycles. The summed E-state index contributed by atoms with van der Waals surface area (Å²) < 4.78 is 0. The number of hydrogen-bond donors (Lipinski definition) is 1. The molecule has 0 aliphatic carbocycles. The summed E-state index contributed by atoms with van der Waals surface area (Å²) in [5.41, 5.74) is -0.747. The van der Waals surface area contributed by atoms with E-state index in [-0.39, 0.29) is 5.92 Å². The average molecular weight is 339 g/mol. The second-order valence-corrected chi connectivity index (χ2v) is 6.83. The topological polar surface area (TPSA) is 82.5 Å². The van der Waals surface area contributed by atoms with Crippen molar-refractivity contribution in [3.63, 3.8) is 0 Å². The molecule has 2 aliphatic heterocycles. The number of aromatic nitrogens is 3. The van der Waals surface area contributed by atoms with Crippen LogP contribution in [0.2, 0.25) is 0 Å². The third-order valence-corrected chi connectivity index (χ3v) is 5.42. The molecule has 1 N–H and O–H groups in total. The van der Waals surface area contributed by atoms with Crippen LogP contribution in [0.15, 0.2) is 42.9 Å². The first-order valence-electron chi connectivity index (χ1n) is 8.60. The smallest absolute Gasteiger partial charge is 0.311 e. The van der Waals surface area contributed by atoms with E-state index in [4.69, 9.17) is 0 Å². The predicted octanol–water partition coefficient (Wildman–Crippen LogP) is 1.68. The van der Waals surface area contributed by atoms with Crippen molar-refractivity contribution in [1.82, 2.24) is 15.0 Å². The number of anilines is 2. The Balaban J connectivity index is 1.63. The van der Waals surface area contributed by atoms with E-state index in [0.717, 1.165) is 18.8 Å². The van der Waals surface area contributed by atoms with Crippen LogP contribution in [-0.2, 0) is 4.79 Å². The summed E-state index contributed by atoms with van der Waals surface area (Å²) in [6, 6.07) is 7.62. The van der Waals surface area contributed by atoms with E-state index in [1.165, 1.54) is 0 Å². The molecule has 0 amide bonds. The van der Waals surface area contributed by atoms with Gasteiger partial charge < -0.3 is 14.9 Å². The highest BCUT2D eigenvalue weighted by atomic mass is 16.4. The van der Waals surface area contributed by atoms with Crippen molar-refractivity contribution in [1.29, 1.82) is 0 Å². The van der Waals surface area contributed by atoms with Gasteiger partial charge in [0.15, 0.2) is 0 Å². The first kappa shape index (κ1) is 15.8. The van der Waals surface area contributed by atoms with Crippen molar-refractivity contribution in [2.75, 3.05) is 36.0 Å². The van der Waals surface area contributed by atoms with Crippen LogP contribution in [0, 0.1) is 11.3 Å². The Kier molecular flexibility index (Phi) is 3.99. The maximum absolute atomic E-state index is 12.2. The zero-order chi connectivity index (χ0) is 17.3. The van der Waals surface area contributed by atoms with E-state index in [9.17, 15) is 9.90 Å². The normalized spacial score (nSPS) is 26.2. The Morgan fingerprint density at radius 1 is 1.08 bits per heavy atom. The summed E-state index contributed by atoms with van der Waals surface area (Å²) in [5.74, 6) is 0.829. The molecule has 2 aromatic heterocycles. The Labute approximate surface area is 146 Å². The largest absolute Gasteiger partial charge is 0.481 e. The number of pyridine rings is 1. The van der Waals surface area contributed by atoms with Crippen molar-refractivity contribution in [2.45, 2.75) is 12.8 Å². The van der Waals surface area contributed by atoms with Crippen LogP contribution in [0.3, 0.4) is 0 Å². The van der Waals surface area contributed by atoms with Gasteiger partial charge in [0.05, 0.1) is 5.41 Å². The summed E-state index contributed by atoms with van der Waals surface area (Å²) in [7, 11) is 0. The van der Waals surface area contributed by atoms with Gasteiger partial charge in [-0.05, 0) is 31.0 Å². The molecule has 7 heteroatoms. The number of aliphatic carboxylic acids is 1. The van der Waals surface area contributed by atoms with Gasteiger partial charge in [0.25, 0.3) is 0 Å². The van der Waals surface area contributed by atoms with E-state index in [0.29, 0.717) is 32.0 Å². The molecule has 7 nitrogen and oxygen atoms in total. The Morgan fingerprint density at radius 2 is 1.84 bits per heavy atom. The highest BCUT2D eigenvalue weighted by Gasteiger charge is 2.54. The fraction of sp³-hybridized carbons (Fsp3) is 0.444. The van der Waals surface area contributed by atoms with Gasteiger partial charge in [-0.25, -0.2) is 15.0 Å². The summed E-state index contributed by atoms with van der Waals surface area (Å²) >= 11 is 0. The lowest BCUT2D eigenvalue weighted by Gasteiger charge is -2.29. The number of carbonyl (C=O) groups is 1. The van der Waals surface area contributed by atoms with Crippen molar-refractivity contribution < 1.29 is 9.90 Å². The first-order valence-corrected chi connectivity index (χ1v) is 8.60. The highest BCUT2D eigenvalue weighted by molar-refractivity contribution is 5.77.